The predicted molar refractivity (Wildman–Crippen MR) is 93.2 cm³/mol. The van der Waals surface area contributed by atoms with Gasteiger partial charge in [0.25, 0.3) is 5.91 Å². The smallest absolute Gasteiger partial charge is 0.254 e. The number of rotatable bonds is 3. The fourth-order valence-corrected chi connectivity index (χ4v) is 3.52. The molecule has 0 aliphatic carbocycles. The van der Waals surface area contributed by atoms with E-state index in [0.717, 1.165) is 50.5 Å². The third kappa shape index (κ3) is 3.42. The van der Waals surface area contributed by atoms with Gasteiger partial charge in [-0.1, -0.05) is 12.1 Å². The summed E-state index contributed by atoms with van der Waals surface area (Å²) in [6, 6.07) is 9.61. The number of piperazine rings is 1. The molecular formula is C20H20F2N2O2. The number of halogens is 2. The van der Waals surface area contributed by atoms with Gasteiger partial charge in [0, 0.05) is 44.7 Å². The van der Waals surface area contributed by atoms with Crippen LogP contribution in [0.3, 0.4) is 0 Å². The van der Waals surface area contributed by atoms with Crippen LogP contribution in [0, 0.1) is 11.6 Å². The number of benzene rings is 2. The molecule has 0 radical (unpaired) electrons. The second kappa shape index (κ2) is 7.03. The molecular weight excluding hydrogens is 338 g/mol. The summed E-state index contributed by atoms with van der Waals surface area (Å²) in [5.41, 5.74) is 2.69. The van der Waals surface area contributed by atoms with Gasteiger partial charge >= 0.3 is 0 Å². The van der Waals surface area contributed by atoms with Crippen LogP contribution in [-0.4, -0.2) is 48.5 Å². The first-order valence-corrected chi connectivity index (χ1v) is 8.81. The maximum atomic E-state index is 13.3. The average Bonchev–Trinajstić information content (AvgIpc) is 3.12. The number of hydrogen-bond donors (Lipinski definition) is 0. The number of fused-ring (bicyclic) bond motifs is 1. The maximum absolute atomic E-state index is 13.3. The van der Waals surface area contributed by atoms with Crippen molar-refractivity contribution in [3.05, 3.63) is 64.7 Å². The highest BCUT2D eigenvalue weighted by Gasteiger charge is 2.23. The Bertz CT molecular complexity index is 833. The van der Waals surface area contributed by atoms with Crippen LogP contribution < -0.4 is 4.74 Å². The molecule has 1 amide bonds. The van der Waals surface area contributed by atoms with Crippen LogP contribution in [0.15, 0.2) is 36.4 Å². The van der Waals surface area contributed by atoms with E-state index in [-0.39, 0.29) is 11.5 Å². The van der Waals surface area contributed by atoms with Crippen molar-refractivity contribution in [2.45, 2.75) is 13.0 Å². The van der Waals surface area contributed by atoms with Crippen LogP contribution in [0.2, 0.25) is 0 Å². The molecule has 2 aliphatic heterocycles. The Kier molecular flexibility index (Phi) is 4.59. The molecule has 136 valence electrons. The third-order valence-electron chi connectivity index (χ3n) is 4.99. The summed E-state index contributed by atoms with van der Waals surface area (Å²) in [5.74, 6) is -1.20. The SMILES string of the molecule is O=C(c1ccc(F)c(F)c1)N1CCN(Cc2ccc3c(c2)CCO3)CC1. The Morgan fingerprint density at radius 1 is 1.00 bits per heavy atom. The molecule has 2 heterocycles. The van der Waals surface area contributed by atoms with Crippen molar-refractivity contribution in [1.82, 2.24) is 9.80 Å². The van der Waals surface area contributed by atoms with E-state index in [1.807, 2.05) is 6.07 Å². The Labute approximate surface area is 151 Å². The molecule has 2 aliphatic rings. The van der Waals surface area contributed by atoms with Crippen LogP contribution in [-0.2, 0) is 13.0 Å². The Morgan fingerprint density at radius 2 is 1.81 bits per heavy atom. The monoisotopic (exact) mass is 358 g/mol. The zero-order valence-corrected chi connectivity index (χ0v) is 14.4. The van der Waals surface area contributed by atoms with Gasteiger partial charge in [0.1, 0.15) is 5.75 Å². The Morgan fingerprint density at radius 3 is 2.58 bits per heavy atom. The number of ether oxygens (including phenoxy) is 1. The van der Waals surface area contributed by atoms with Gasteiger partial charge in [-0.25, -0.2) is 8.78 Å². The van der Waals surface area contributed by atoms with Gasteiger partial charge in [-0.2, -0.15) is 0 Å². The predicted octanol–water partition coefficient (Wildman–Crippen LogP) is 2.86. The third-order valence-corrected chi connectivity index (χ3v) is 4.99. The first kappa shape index (κ1) is 17.0. The summed E-state index contributed by atoms with van der Waals surface area (Å²) < 4.78 is 31.9. The molecule has 6 heteroatoms. The van der Waals surface area contributed by atoms with Gasteiger partial charge in [-0.3, -0.25) is 9.69 Å². The van der Waals surface area contributed by atoms with Gasteiger partial charge in [0.05, 0.1) is 6.61 Å². The number of amides is 1. The lowest BCUT2D eigenvalue weighted by atomic mass is 10.1. The molecule has 1 fully saturated rings. The topological polar surface area (TPSA) is 32.8 Å². The summed E-state index contributed by atoms with van der Waals surface area (Å²) in [5, 5.41) is 0. The number of carbonyl (C=O) groups is 1. The summed E-state index contributed by atoms with van der Waals surface area (Å²) in [4.78, 5) is 16.5. The van der Waals surface area contributed by atoms with Crippen molar-refractivity contribution in [1.29, 1.82) is 0 Å². The molecule has 0 bridgehead atoms. The summed E-state index contributed by atoms with van der Waals surface area (Å²) in [6.45, 7) is 4.24. The molecule has 1 saturated heterocycles. The van der Waals surface area contributed by atoms with E-state index in [4.69, 9.17) is 4.74 Å². The normalized spacial score (nSPS) is 17.1. The minimum absolute atomic E-state index is 0.191. The van der Waals surface area contributed by atoms with Crippen LogP contribution in [0.25, 0.3) is 0 Å². The van der Waals surface area contributed by atoms with E-state index in [9.17, 15) is 13.6 Å². The van der Waals surface area contributed by atoms with Crippen molar-refractivity contribution in [2.24, 2.45) is 0 Å². The van der Waals surface area contributed by atoms with Crippen molar-refractivity contribution >= 4 is 5.91 Å². The number of carbonyl (C=O) groups excluding carboxylic acids is 1. The van der Waals surface area contributed by atoms with E-state index >= 15 is 0 Å². The molecule has 0 N–H and O–H groups in total. The zero-order valence-electron chi connectivity index (χ0n) is 14.4. The molecule has 0 spiro atoms. The van der Waals surface area contributed by atoms with Crippen molar-refractivity contribution in [3.63, 3.8) is 0 Å². The van der Waals surface area contributed by atoms with E-state index in [1.165, 1.54) is 17.2 Å². The summed E-state index contributed by atoms with van der Waals surface area (Å²) in [7, 11) is 0. The van der Waals surface area contributed by atoms with Crippen LogP contribution >= 0.6 is 0 Å². The maximum Gasteiger partial charge on any atom is 0.254 e. The molecule has 4 rings (SSSR count). The second-order valence-electron chi connectivity index (χ2n) is 6.74. The minimum Gasteiger partial charge on any atom is -0.493 e. The highest BCUT2D eigenvalue weighted by Crippen LogP contribution is 2.26. The Hall–Kier alpha value is -2.47. The average molecular weight is 358 g/mol. The molecule has 2 aromatic rings. The van der Waals surface area contributed by atoms with Crippen LogP contribution in [0.4, 0.5) is 8.78 Å². The summed E-state index contributed by atoms with van der Waals surface area (Å²) >= 11 is 0. The summed E-state index contributed by atoms with van der Waals surface area (Å²) in [6.07, 6.45) is 0.958. The standard InChI is InChI=1S/C20H20F2N2O2/c21-17-3-2-16(12-18(17)22)20(25)24-8-6-23(7-9-24)13-14-1-4-19-15(11-14)5-10-26-19/h1-4,11-12H,5-10,13H2. The minimum atomic E-state index is -0.991. The lowest BCUT2D eigenvalue weighted by Crippen LogP contribution is -2.48. The van der Waals surface area contributed by atoms with E-state index in [2.05, 4.69) is 17.0 Å². The van der Waals surface area contributed by atoms with E-state index in [1.54, 1.807) is 4.90 Å². The van der Waals surface area contributed by atoms with Crippen LogP contribution in [0.1, 0.15) is 21.5 Å². The molecule has 4 nitrogen and oxygen atoms in total. The second-order valence-corrected chi connectivity index (χ2v) is 6.74. The lowest BCUT2D eigenvalue weighted by molar-refractivity contribution is 0.0628. The Balaban J connectivity index is 1.35. The molecule has 0 saturated carbocycles. The number of hydrogen-bond acceptors (Lipinski definition) is 3. The van der Waals surface area contributed by atoms with Gasteiger partial charge in [0.15, 0.2) is 11.6 Å². The fraction of sp³-hybridized carbons (Fsp3) is 0.350. The molecule has 26 heavy (non-hydrogen) atoms. The lowest BCUT2D eigenvalue weighted by Gasteiger charge is -2.34. The number of nitrogens with zero attached hydrogens (tertiary/aromatic N) is 2. The molecule has 0 aromatic heterocycles. The van der Waals surface area contributed by atoms with Crippen molar-refractivity contribution in [2.75, 3.05) is 32.8 Å². The van der Waals surface area contributed by atoms with E-state index in [0.29, 0.717) is 13.1 Å². The van der Waals surface area contributed by atoms with Crippen molar-refractivity contribution < 1.29 is 18.3 Å². The first-order valence-electron chi connectivity index (χ1n) is 8.81. The van der Waals surface area contributed by atoms with Crippen LogP contribution in [0.5, 0.6) is 5.75 Å². The van der Waals surface area contributed by atoms with Gasteiger partial charge in [-0.15, -0.1) is 0 Å². The van der Waals surface area contributed by atoms with Gasteiger partial charge in [0.2, 0.25) is 0 Å². The zero-order chi connectivity index (χ0) is 18.1. The highest BCUT2D eigenvalue weighted by atomic mass is 19.2. The fourth-order valence-electron chi connectivity index (χ4n) is 3.52. The molecule has 0 atom stereocenters. The quantitative estimate of drug-likeness (QED) is 0.846. The van der Waals surface area contributed by atoms with Crippen molar-refractivity contribution in [3.8, 4) is 5.75 Å². The van der Waals surface area contributed by atoms with Gasteiger partial charge < -0.3 is 9.64 Å². The largest absolute Gasteiger partial charge is 0.493 e. The molecule has 2 aromatic carbocycles. The highest BCUT2D eigenvalue weighted by molar-refractivity contribution is 5.94. The van der Waals surface area contributed by atoms with E-state index < -0.39 is 11.6 Å². The molecule has 0 unspecified atom stereocenters. The first-order chi connectivity index (χ1) is 12.6. The van der Waals surface area contributed by atoms with Gasteiger partial charge in [-0.05, 0) is 35.4 Å².